The molecule has 1 amide bonds. The van der Waals surface area contributed by atoms with E-state index in [9.17, 15) is 4.79 Å². The summed E-state index contributed by atoms with van der Waals surface area (Å²) in [5.41, 5.74) is 7.37. The van der Waals surface area contributed by atoms with Gasteiger partial charge in [0.2, 0.25) is 5.91 Å². The van der Waals surface area contributed by atoms with E-state index >= 15 is 0 Å². The number of benzene rings is 1. The van der Waals surface area contributed by atoms with Crippen LogP contribution in [0, 0.1) is 0 Å². The van der Waals surface area contributed by atoms with E-state index in [1.165, 1.54) is 0 Å². The molecule has 0 unspecified atom stereocenters. The first kappa shape index (κ1) is 16.6. The second-order valence-corrected chi connectivity index (χ2v) is 4.67. The average Bonchev–Trinajstić information content (AvgIpc) is 2.48. The Labute approximate surface area is 120 Å². The lowest BCUT2D eigenvalue weighted by atomic mass is 10.1. The van der Waals surface area contributed by atoms with Crippen molar-refractivity contribution in [1.29, 1.82) is 0 Å². The molecule has 0 aliphatic heterocycles. The van der Waals surface area contributed by atoms with Gasteiger partial charge in [0, 0.05) is 38.3 Å². The first-order valence-corrected chi connectivity index (χ1v) is 7.12. The SMILES string of the molecule is CCN(CCCO)CCC(=O)Nc1ccccc1CN. The Hall–Kier alpha value is -1.43. The van der Waals surface area contributed by atoms with Crippen LogP contribution in [0.15, 0.2) is 24.3 Å². The molecule has 0 atom stereocenters. The molecule has 0 aromatic heterocycles. The van der Waals surface area contributed by atoms with Crippen molar-refractivity contribution in [2.75, 3.05) is 31.6 Å². The number of carbonyl (C=O) groups is 1. The number of hydrogen-bond donors (Lipinski definition) is 3. The molecule has 0 saturated carbocycles. The zero-order chi connectivity index (χ0) is 14.8. The van der Waals surface area contributed by atoms with Crippen LogP contribution in [-0.4, -0.2) is 42.2 Å². The molecular formula is C15H25N3O2. The molecule has 0 spiro atoms. The van der Waals surface area contributed by atoms with Crippen molar-refractivity contribution in [1.82, 2.24) is 4.90 Å². The minimum atomic E-state index is -0.00616. The lowest BCUT2D eigenvalue weighted by molar-refractivity contribution is -0.116. The number of nitrogens with zero attached hydrogens (tertiary/aromatic N) is 1. The van der Waals surface area contributed by atoms with Crippen molar-refractivity contribution in [2.45, 2.75) is 26.3 Å². The minimum Gasteiger partial charge on any atom is -0.396 e. The second kappa shape index (κ2) is 9.47. The number of aliphatic hydroxyl groups excluding tert-OH is 1. The van der Waals surface area contributed by atoms with Gasteiger partial charge in [-0.05, 0) is 24.6 Å². The van der Waals surface area contributed by atoms with Crippen molar-refractivity contribution < 1.29 is 9.90 Å². The van der Waals surface area contributed by atoms with Crippen molar-refractivity contribution in [3.8, 4) is 0 Å². The minimum absolute atomic E-state index is 0.00616. The monoisotopic (exact) mass is 279 g/mol. The maximum absolute atomic E-state index is 11.9. The molecule has 112 valence electrons. The Morgan fingerprint density at radius 3 is 2.75 bits per heavy atom. The summed E-state index contributed by atoms with van der Waals surface area (Å²) in [6, 6.07) is 7.57. The Bertz CT molecular complexity index is 410. The molecule has 4 N–H and O–H groups in total. The standard InChI is InChI=1S/C15H25N3O2/c1-2-18(9-5-11-19)10-8-15(20)17-14-7-4-3-6-13(14)12-16/h3-4,6-7,19H,2,5,8-12,16H2,1H3,(H,17,20). The number of aliphatic hydroxyl groups is 1. The van der Waals surface area contributed by atoms with Crippen LogP contribution in [0.2, 0.25) is 0 Å². The third-order valence-electron chi connectivity index (χ3n) is 3.25. The average molecular weight is 279 g/mol. The van der Waals surface area contributed by atoms with Gasteiger partial charge in [-0.2, -0.15) is 0 Å². The van der Waals surface area contributed by atoms with Gasteiger partial charge in [0.05, 0.1) is 0 Å². The van der Waals surface area contributed by atoms with E-state index in [-0.39, 0.29) is 12.5 Å². The molecule has 20 heavy (non-hydrogen) atoms. The predicted molar refractivity (Wildman–Crippen MR) is 81.4 cm³/mol. The molecule has 0 radical (unpaired) electrons. The smallest absolute Gasteiger partial charge is 0.225 e. The summed E-state index contributed by atoms with van der Waals surface area (Å²) in [7, 11) is 0. The highest BCUT2D eigenvalue weighted by Gasteiger charge is 2.08. The normalized spacial score (nSPS) is 10.8. The Morgan fingerprint density at radius 2 is 2.10 bits per heavy atom. The molecule has 0 fully saturated rings. The fraction of sp³-hybridized carbons (Fsp3) is 0.533. The number of nitrogens with two attached hydrogens (primary N) is 1. The fourth-order valence-electron chi connectivity index (χ4n) is 2.01. The molecular weight excluding hydrogens is 254 g/mol. The van der Waals surface area contributed by atoms with E-state index in [4.69, 9.17) is 10.8 Å². The molecule has 1 aromatic carbocycles. The molecule has 0 aliphatic rings. The number of nitrogens with one attached hydrogen (secondary N) is 1. The van der Waals surface area contributed by atoms with Gasteiger partial charge in [-0.25, -0.2) is 0 Å². The molecule has 0 heterocycles. The summed E-state index contributed by atoms with van der Waals surface area (Å²) in [6.07, 6.45) is 1.18. The lowest BCUT2D eigenvalue weighted by Gasteiger charge is -2.19. The van der Waals surface area contributed by atoms with E-state index in [0.717, 1.165) is 30.8 Å². The Morgan fingerprint density at radius 1 is 1.35 bits per heavy atom. The van der Waals surface area contributed by atoms with Crippen molar-refractivity contribution in [3.05, 3.63) is 29.8 Å². The quantitative estimate of drug-likeness (QED) is 0.634. The van der Waals surface area contributed by atoms with Gasteiger partial charge >= 0.3 is 0 Å². The molecule has 5 nitrogen and oxygen atoms in total. The fourth-order valence-corrected chi connectivity index (χ4v) is 2.01. The van der Waals surface area contributed by atoms with E-state index in [2.05, 4.69) is 17.1 Å². The predicted octanol–water partition coefficient (Wildman–Crippen LogP) is 1.18. The maximum Gasteiger partial charge on any atom is 0.225 e. The van der Waals surface area contributed by atoms with Gasteiger partial charge in [-0.3, -0.25) is 4.79 Å². The highest BCUT2D eigenvalue weighted by Crippen LogP contribution is 2.14. The highest BCUT2D eigenvalue weighted by atomic mass is 16.3. The van der Waals surface area contributed by atoms with E-state index < -0.39 is 0 Å². The van der Waals surface area contributed by atoms with Crippen LogP contribution in [0.5, 0.6) is 0 Å². The van der Waals surface area contributed by atoms with Crippen molar-refractivity contribution >= 4 is 11.6 Å². The number of para-hydroxylation sites is 1. The van der Waals surface area contributed by atoms with Crippen LogP contribution in [0.4, 0.5) is 5.69 Å². The van der Waals surface area contributed by atoms with E-state index in [1.54, 1.807) is 0 Å². The van der Waals surface area contributed by atoms with Gasteiger partial charge in [0.1, 0.15) is 0 Å². The molecule has 0 bridgehead atoms. The third-order valence-corrected chi connectivity index (χ3v) is 3.25. The van der Waals surface area contributed by atoms with Gasteiger partial charge < -0.3 is 21.1 Å². The van der Waals surface area contributed by atoms with Crippen LogP contribution in [0.25, 0.3) is 0 Å². The van der Waals surface area contributed by atoms with Crippen LogP contribution in [0.3, 0.4) is 0 Å². The second-order valence-electron chi connectivity index (χ2n) is 4.67. The number of amides is 1. The summed E-state index contributed by atoms with van der Waals surface area (Å²) in [4.78, 5) is 14.1. The Kier molecular flexibility index (Phi) is 7.87. The van der Waals surface area contributed by atoms with Crippen LogP contribution in [-0.2, 0) is 11.3 Å². The topological polar surface area (TPSA) is 78.6 Å². The largest absolute Gasteiger partial charge is 0.396 e. The lowest BCUT2D eigenvalue weighted by Crippen LogP contribution is -2.29. The molecule has 0 aliphatic carbocycles. The molecule has 1 aromatic rings. The van der Waals surface area contributed by atoms with Crippen molar-refractivity contribution in [3.63, 3.8) is 0 Å². The zero-order valence-electron chi connectivity index (χ0n) is 12.1. The van der Waals surface area contributed by atoms with Gasteiger partial charge in [-0.15, -0.1) is 0 Å². The first-order chi connectivity index (χ1) is 9.71. The molecule has 0 saturated heterocycles. The molecule has 5 heteroatoms. The Balaban J connectivity index is 2.43. The maximum atomic E-state index is 11.9. The zero-order valence-corrected chi connectivity index (χ0v) is 12.1. The van der Waals surface area contributed by atoms with Gasteiger partial charge in [0.15, 0.2) is 0 Å². The number of anilines is 1. The van der Waals surface area contributed by atoms with E-state index in [1.807, 2.05) is 24.3 Å². The van der Waals surface area contributed by atoms with Crippen LogP contribution >= 0.6 is 0 Å². The van der Waals surface area contributed by atoms with Crippen LogP contribution < -0.4 is 11.1 Å². The summed E-state index contributed by atoms with van der Waals surface area (Å²) in [5, 5.41) is 11.7. The number of hydrogen-bond acceptors (Lipinski definition) is 4. The summed E-state index contributed by atoms with van der Waals surface area (Å²) in [5.74, 6) is -0.00616. The first-order valence-electron chi connectivity index (χ1n) is 7.12. The summed E-state index contributed by atoms with van der Waals surface area (Å²) in [6.45, 7) is 5.05. The van der Waals surface area contributed by atoms with Gasteiger partial charge in [0.25, 0.3) is 0 Å². The van der Waals surface area contributed by atoms with E-state index in [0.29, 0.717) is 19.5 Å². The van der Waals surface area contributed by atoms with Crippen LogP contribution in [0.1, 0.15) is 25.3 Å². The summed E-state index contributed by atoms with van der Waals surface area (Å²) >= 11 is 0. The third kappa shape index (κ3) is 5.69. The number of rotatable bonds is 9. The molecule has 1 rings (SSSR count). The highest BCUT2D eigenvalue weighted by molar-refractivity contribution is 5.91. The number of carbonyl (C=O) groups excluding carboxylic acids is 1. The van der Waals surface area contributed by atoms with Crippen molar-refractivity contribution in [2.24, 2.45) is 5.73 Å². The van der Waals surface area contributed by atoms with Gasteiger partial charge in [-0.1, -0.05) is 25.1 Å². The summed E-state index contributed by atoms with van der Waals surface area (Å²) < 4.78 is 0.